The third-order valence-electron chi connectivity index (χ3n) is 3.13. The van der Waals surface area contributed by atoms with Crippen molar-refractivity contribution in [3.8, 4) is 11.5 Å². The molecule has 0 saturated carbocycles. The third-order valence-corrected chi connectivity index (χ3v) is 4.64. The number of ether oxygens (including phenoxy) is 2. The van der Waals surface area contributed by atoms with Crippen molar-refractivity contribution in [3.63, 3.8) is 0 Å². The first-order valence-electron chi connectivity index (χ1n) is 6.77. The van der Waals surface area contributed by atoms with Crippen molar-refractivity contribution in [2.24, 2.45) is 0 Å². The summed E-state index contributed by atoms with van der Waals surface area (Å²) in [7, 11) is -1.48. The predicted molar refractivity (Wildman–Crippen MR) is 88.7 cm³/mol. The Bertz CT molecular complexity index is 905. The number of carbonyl (C=O) groups excluding carboxylic acids is 1. The van der Waals surface area contributed by atoms with Crippen LogP contribution in [0.25, 0.3) is 0 Å². The van der Waals surface area contributed by atoms with Crippen LogP contribution in [0.3, 0.4) is 0 Å². The summed E-state index contributed by atoms with van der Waals surface area (Å²) in [6, 6.07) is 7.32. The second-order valence-electron chi connectivity index (χ2n) is 4.70. The van der Waals surface area contributed by atoms with Crippen LogP contribution in [-0.4, -0.2) is 28.5 Å². The minimum Gasteiger partial charge on any atom is -0.493 e. The molecule has 2 N–H and O–H groups in total. The summed E-state index contributed by atoms with van der Waals surface area (Å²) < 4.78 is 48.0. The standard InChI is InChI=1S/C15H14ClFN2O5S/c1-23-12-5-3-9(7-13(12)24-2)15(20)18-19-25(21,22)14-6-4-10(16)8-11(14)17/h3-8,19H,1-2H3,(H,18,20). The number of hydrogen-bond acceptors (Lipinski definition) is 5. The Balaban J connectivity index is 2.16. The van der Waals surface area contributed by atoms with E-state index in [1.807, 2.05) is 10.3 Å². The fourth-order valence-electron chi connectivity index (χ4n) is 1.91. The molecule has 0 aliphatic rings. The average molecular weight is 389 g/mol. The summed E-state index contributed by atoms with van der Waals surface area (Å²) in [5.74, 6) is -1.11. The molecule has 0 bridgehead atoms. The number of benzene rings is 2. The molecule has 0 aliphatic heterocycles. The van der Waals surface area contributed by atoms with Gasteiger partial charge in [-0.05, 0) is 36.4 Å². The Kier molecular flexibility index (Phi) is 5.83. The van der Waals surface area contributed by atoms with Crippen molar-refractivity contribution in [2.45, 2.75) is 4.90 Å². The molecule has 0 aromatic heterocycles. The van der Waals surface area contributed by atoms with Crippen molar-refractivity contribution in [2.75, 3.05) is 14.2 Å². The molecule has 10 heteroatoms. The van der Waals surface area contributed by atoms with Gasteiger partial charge in [0.15, 0.2) is 11.5 Å². The van der Waals surface area contributed by atoms with E-state index in [9.17, 15) is 17.6 Å². The van der Waals surface area contributed by atoms with Crippen molar-refractivity contribution >= 4 is 27.5 Å². The minimum atomic E-state index is -4.31. The molecular formula is C15H14ClFN2O5S. The highest BCUT2D eigenvalue weighted by atomic mass is 35.5. The Morgan fingerprint density at radius 1 is 1.08 bits per heavy atom. The minimum absolute atomic E-state index is 0.0470. The highest BCUT2D eigenvalue weighted by molar-refractivity contribution is 7.89. The Labute approximate surface area is 148 Å². The second kappa shape index (κ2) is 7.68. The number of hydrogen-bond donors (Lipinski definition) is 2. The van der Waals surface area contributed by atoms with Gasteiger partial charge in [-0.15, -0.1) is 4.83 Å². The van der Waals surface area contributed by atoms with Crippen molar-refractivity contribution in [3.05, 3.63) is 52.8 Å². The lowest BCUT2D eigenvalue weighted by molar-refractivity contribution is 0.0944. The number of carbonyl (C=O) groups is 1. The van der Waals surface area contributed by atoms with Crippen LogP contribution in [0.1, 0.15) is 10.4 Å². The number of amides is 1. The smallest absolute Gasteiger partial charge is 0.266 e. The first-order valence-corrected chi connectivity index (χ1v) is 8.64. The quantitative estimate of drug-likeness (QED) is 0.739. The Morgan fingerprint density at radius 2 is 1.76 bits per heavy atom. The normalized spacial score (nSPS) is 11.0. The summed E-state index contributed by atoms with van der Waals surface area (Å²) in [4.78, 5) is 13.2. The Morgan fingerprint density at radius 3 is 2.36 bits per heavy atom. The van der Waals surface area contributed by atoms with Crippen LogP contribution in [0.4, 0.5) is 4.39 Å². The van der Waals surface area contributed by atoms with Crippen LogP contribution in [0.5, 0.6) is 11.5 Å². The lowest BCUT2D eigenvalue weighted by Crippen LogP contribution is -2.41. The molecule has 0 fully saturated rings. The molecule has 0 heterocycles. The number of rotatable bonds is 6. The summed E-state index contributed by atoms with van der Waals surface area (Å²) in [5.41, 5.74) is 2.10. The fourth-order valence-corrected chi connectivity index (χ4v) is 2.97. The highest BCUT2D eigenvalue weighted by Gasteiger charge is 2.20. The van der Waals surface area contributed by atoms with Crippen LogP contribution < -0.4 is 19.7 Å². The first kappa shape index (κ1) is 19.0. The molecule has 1 amide bonds. The van der Waals surface area contributed by atoms with Crippen LogP contribution in [0.15, 0.2) is 41.3 Å². The van der Waals surface area contributed by atoms with Gasteiger partial charge in [0.25, 0.3) is 15.9 Å². The fraction of sp³-hybridized carbons (Fsp3) is 0.133. The van der Waals surface area contributed by atoms with Crippen LogP contribution in [0, 0.1) is 5.82 Å². The van der Waals surface area contributed by atoms with E-state index in [4.69, 9.17) is 21.1 Å². The van der Waals surface area contributed by atoms with Crippen molar-refractivity contribution in [1.82, 2.24) is 10.3 Å². The molecule has 0 radical (unpaired) electrons. The molecule has 0 spiro atoms. The SMILES string of the molecule is COc1ccc(C(=O)NNS(=O)(=O)c2ccc(Cl)cc2F)cc1OC. The van der Waals surface area contributed by atoms with Crippen LogP contribution in [-0.2, 0) is 10.0 Å². The molecule has 134 valence electrons. The molecule has 2 aromatic rings. The number of hydrazine groups is 1. The van der Waals surface area contributed by atoms with E-state index in [1.165, 1.54) is 38.5 Å². The molecule has 2 aromatic carbocycles. The van der Waals surface area contributed by atoms with Gasteiger partial charge in [0, 0.05) is 10.6 Å². The zero-order valence-corrected chi connectivity index (χ0v) is 14.7. The van der Waals surface area contributed by atoms with Crippen molar-refractivity contribution < 1.29 is 27.1 Å². The van der Waals surface area contributed by atoms with E-state index in [0.29, 0.717) is 11.5 Å². The monoisotopic (exact) mass is 388 g/mol. The van der Waals surface area contributed by atoms with Gasteiger partial charge in [0.2, 0.25) is 0 Å². The van der Waals surface area contributed by atoms with Crippen LogP contribution >= 0.6 is 11.6 Å². The molecule has 0 unspecified atom stereocenters. The largest absolute Gasteiger partial charge is 0.493 e. The maximum Gasteiger partial charge on any atom is 0.266 e. The summed E-state index contributed by atoms with van der Waals surface area (Å²) in [6.45, 7) is 0. The third kappa shape index (κ3) is 4.38. The summed E-state index contributed by atoms with van der Waals surface area (Å²) >= 11 is 5.58. The van der Waals surface area contributed by atoms with Gasteiger partial charge in [-0.25, -0.2) is 12.8 Å². The average Bonchev–Trinajstić information content (AvgIpc) is 2.58. The lowest BCUT2D eigenvalue weighted by Gasteiger charge is -2.11. The topological polar surface area (TPSA) is 93.7 Å². The van der Waals surface area contributed by atoms with Gasteiger partial charge in [-0.3, -0.25) is 10.2 Å². The maximum absolute atomic E-state index is 13.7. The number of halogens is 2. The second-order valence-corrected chi connectivity index (χ2v) is 6.79. The molecular weight excluding hydrogens is 375 g/mol. The predicted octanol–water partition coefficient (Wildman–Crippen LogP) is 2.12. The number of methoxy groups -OCH3 is 2. The molecule has 0 saturated heterocycles. The van der Waals surface area contributed by atoms with Gasteiger partial charge < -0.3 is 9.47 Å². The molecule has 0 aliphatic carbocycles. The van der Waals surface area contributed by atoms with E-state index < -0.39 is 26.6 Å². The van der Waals surface area contributed by atoms with Gasteiger partial charge >= 0.3 is 0 Å². The van der Waals surface area contributed by atoms with Gasteiger partial charge in [0.1, 0.15) is 10.7 Å². The molecule has 7 nitrogen and oxygen atoms in total. The van der Waals surface area contributed by atoms with E-state index in [2.05, 4.69) is 0 Å². The highest BCUT2D eigenvalue weighted by Crippen LogP contribution is 2.27. The number of nitrogens with one attached hydrogen (secondary N) is 2. The molecule has 2 rings (SSSR count). The first-order chi connectivity index (χ1) is 11.8. The van der Waals surface area contributed by atoms with E-state index in [0.717, 1.165) is 12.1 Å². The molecule has 0 atom stereocenters. The van der Waals surface area contributed by atoms with Crippen LogP contribution in [0.2, 0.25) is 5.02 Å². The number of sulfonamides is 1. The zero-order chi connectivity index (χ0) is 18.6. The van der Waals surface area contributed by atoms with E-state index in [-0.39, 0.29) is 10.6 Å². The lowest BCUT2D eigenvalue weighted by atomic mass is 10.2. The van der Waals surface area contributed by atoms with Gasteiger partial charge in [0.05, 0.1) is 14.2 Å². The maximum atomic E-state index is 13.7. The Hall–Kier alpha value is -2.36. The van der Waals surface area contributed by atoms with E-state index >= 15 is 0 Å². The van der Waals surface area contributed by atoms with Gasteiger partial charge in [-0.2, -0.15) is 0 Å². The zero-order valence-electron chi connectivity index (χ0n) is 13.2. The van der Waals surface area contributed by atoms with Crippen molar-refractivity contribution in [1.29, 1.82) is 0 Å². The molecule has 25 heavy (non-hydrogen) atoms. The summed E-state index contributed by atoms with van der Waals surface area (Å²) in [6.07, 6.45) is 0. The van der Waals surface area contributed by atoms with Gasteiger partial charge in [-0.1, -0.05) is 11.6 Å². The summed E-state index contributed by atoms with van der Waals surface area (Å²) in [5, 5.41) is 0.0470. The van der Waals surface area contributed by atoms with E-state index in [1.54, 1.807) is 0 Å².